The van der Waals surface area contributed by atoms with Crippen LogP contribution in [-0.2, 0) is 9.53 Å². The van der Waals surface area contributed by atoms with Crippen LogP contribution < -0.4 is 14.8 Å². The van der Waals surface area contributed by atoms with Gasteiger partial charge in [-0.25, -0.2) is 0 Å². The summed E-state index contributed by atoms with van der Waals surface area (Å²) in [6, 6.07) is 13.2. The average Bonchev–Trinajstić information content (AvgIpc) is 2.71. The summed E-state index contributed by atoms with van der Waals surface area (Å²) in [7, 11) is 1.45. The zero-order valence-electron chi connectivity index (χ0n) is 15.2. The van der Waals surface area contributed by atoms with E-state index >= 15 is 0 Å². The minimum absolute atomic E-state index is 0.304. The molecule has 0 saturated heterocycles. The van der Waals surface area contributed by atoms with Crippen LogP contribution in [0.4, 0.5) is 0 Å². The Balaban J connectivity index is 1.80. The van der Waals surface area contributed by atoms with Crippen molar-refractivity contribution in [2.45, 2.75) is 6.92 Å². The minimum Gasteiger partial charge on any atom is -0.496 e. The molecular formula is C20H21NO6. The Morgan fingerprint density at radius 1 is 1.00 bits per heavy atom. The summed E-state index contributed by atoms with van der Waals surface area (Å²) in [6.45, 7) is 1.64. The van der Waals surface area contributed by atoms with Gasteiger partial charge in [0.25, 0.3) is 5.91 Å². The first-order chi connectivity index (χ1) is 13.0. The van der Waals surface area contributed by atoms with Crippen molar-refractivity contribution in [2.75, 3.05) is 26.9 Å². The molecule has 27 heavy (non-hydrogen) atoms. The summed E-state index contributed by atoms with van der Waals surface area (Å²) in [5.41, 5.74) is 0.711. The van der Waals surface area contributed by atoms with Crippen molar-refractivity contribution >= 4 is 17.7 Å². The number of Topliss-reactive ketones (excluding diaryl/α,β-unsaturated/α-hetero) is 1. The van der Waals surface area contributed by atoms with E-state index in [0.29, 0.717) is 29.2 Å². The molecule has 0 fully saturated rings. The van der Waals surface area contributed by atoms with Gasteiger partial charge in [0.05, 0.1) is 19.3 Å². The molecule has 0 atom stereocenters. The Bertz CT molecular complexity index is 800. The van der Waals surface area contributed by atoms with Crippen LogP contribution in [0.1, 0.15) is 27.6 Å². The quantitative estimate of drug-likeness (QED) is 0.537. The topological polar surface area (TPSA) is 90.9 Å². The Hall–Kier alpha value is -3.35. The molecular weight excluding hydrogens is 350 g/mol. The van der Waals surface area contributed by atoms with Gasteiger partial charge in [0.1, 0.15) is 18.0 Å². The van der Waals surface area contributed by atoms with Crippen LogP contribution in [0.5, 0.6) is 11.5 Å². The van der Waals surface area contributed by atoms with Gasteiger partial charge in [0, 0.05) is 5.56 Å². The third-order valence-corrected chi connectivity index (χ3v) is 3.60. The van der Waals surface area contributed by atoms with Gasteiger partial charge in [-0.05, 0) is 43.3 Å². The predicted octanol–water partition coefficient (Wildman–Crippen LogP) is 2.25. The maximum atomic E-state index is 12.1. The monoisotopic (exact) mass is 371 g/mol. The van der Waals surface area contributed by atoms with Gasteiger partial charge in [-0.1, -0.05) is 12.1 Å². The molecule has 0 saturated carbocycles. The van der Waals surface area contributed by atoms with E-state index < -0.39 is 18.5 Å². The molecule has 0 unspecified atom stereocenters. The van der Waals surface area contributed by atoms with Gasteiger partial charge in [-0.3, -0.25) is 14.4 Å². The number of para-hydroxylation sites is 1. The molecule has 0 heterocycles. The van der Waals surface area contributed by atoms with Gasteiger partial charge in [-0.2, -0.15) is 0 Å². The fraction of sp³-hybridized carbons (Fsp3) is 0.250. The number of nitrogens with one attached hydrogen (secondary N) is 1. The fourth-order valence-corrected chi connectivity index (χ4v) is 2.26. The molecule has 7 nitrogen and oxygen atoms in total. The number of ether oxygens (including phenoxy) is 3. The largest absolute Gasteiger partial charge is 0.496 e. The summed E-state index contributed by atoms with van der Waals surface area (Å²) >= 11 is 0. The summed E-state index contributed by atoms with van der Waals surface area (Å²) in [5, 5.41) is 2.44. The van der Waals surface area contributed by atoms with Gasteiger partial charge >= 0.3 is 5.97 Å². The van der Waals surface area contributed by atoms with E-state index in [1.807, 2.05) is 6.92 Å². The molecule has 0 aliphatic rings. The zero-order valence-corrected chi connectivity index (χ0v) is 15.2. The molecule has 0 spiro atoms. The number of hydrogen-bond acceptors (Lipinski definition) is 6. The standard InChI is InChI=1S/C20H21NO6/c1-3-26-15-10-8-14(9-11-15)17(22)13-27-19(23)12-21-20(24)16-6-4-5-7-18(16)25-2/h4-11H,3,12-13H2,1-2H3,(H,21,24). The second-order valence-corrected chi connectivity index (χ2v) is 5.42. The number of amides is 1. The number of benzene rings is 2. The summed E-state index contributed by atoms with van der Waals surface area (Å²) < 4.78 is 15.3. The molecule has 2 aromatic rings. The molecule has 2 aromatic carbocycles. The van der Waals surface area contributed by atoms with Crippen molar-refractivity contribution in [1.82, 2.24) is 5.32 Å². The van der Waals surface area contributed by atoms with Crippen molar-refractivity contribution in [1.29, 1.82) is 0 Å². The van der Waals surface area contributed by atoms with E-state index in [1.165, 1.54) is 7.11 Å². The van der Waals surface area contributed by atoms with E-state index in [2.05, 4.69) is 5.32 Å². The number of esters is 1. The van der Waals surface area contributed by atoms with Crippen LogP contribution >= 0.6 is 0 Å². The highest BCUT2D eigenvalue weighted by molar-refractivity contribution is 5.99. The fourth-order valence-electron chi connectivity index (χ4n) is 2.26. The lowest BCUT2D eigenvalue weighted by atomic mass is 10.1. The van der Waals surface area contributed by atoms with Crippen LogP contribution in [0.15, 0.2) is 48.5 Å². The van der Waals surface area contributed by atoms with Gasteiger partial charge in [0.2, 0.25) is 0 Å². The van der Waals surface area contributed by atoms with Crippen LogP contribution in [0.2, 0.25) is 0 Å². The molecule has 0 aliphatic carbocycles. The number of rotatable bonds is 9. The van der Waals surface area contributed by atoms with Crippen molar-refractivity contribution in [3.05, 3.63) is 59.7 Å². The van der Waals surface area contributed by atoms with E-state index in [0.717, 1.165) is 0 Å². The molecule has 2 rings (SSSR count). The number of hydrogen-bond donors (Lipinski definition) is 1. The lowest BCUT2D eigenvalue weighted by molar-refractivity contribution is -0.141. The lowest BCUT2D eigenvalue weighted by Gasteiger charge is -2.09. The molecule has 0 aliphatic heterocycles. The molecule has 0 radical (unpaired) electrons. The zero-order chi connectivity index (χ0) is 19.6. The highest BCUT2D eigenvalue weighted by Crippen LogP contribution is 2.16. The molecule has 1 amide bonds. The van der Waals surface area contributed by atoms with E-state index in [-0.39, 0.29) is 12.3 Å². The summed E-state index contributed by atoms with van der Waals surface area (Å²) in [5.74, 6) is -0.471. The van der Waals surface area contributed by atoms with E-state index in [4.69, 9.17) is 14.2 Å². The molecule has 1 N–H and O–H groups in total. The minimum atomic E-state index is -0.711. The Kier molecular flexibility index (Phi) is 7.37. The van der Waals surface area contributed by atoms with Crippen LogP contribution in [0.25, 0.3) is 0 Å². The summed E-state index contributed by atoms with van der Waals surface area (Å²) in [4.78, 5) is 35.9. The normalized spacial score (nSPS) is 10.0. The maximum Gasteiger partial charge on any atom is 0.325 e. The summed E-state index contributed by atoms with van der Waals surface area (Å²) in [6.07, 6.45) is 0. The van der Waals surface area contributed by atoms with Crippen molar-refractivity contribution in [2.24, 2.45) is 0 Å². The second kappa shape index (κ2) is 9.96. The average molecular weight is 371 g/mol. The molecule has 0 aromatic heterocycles. The maximum absolute atomic E-state index is 12.1. The molecule has 142 valence electrons. The van der Waals surface area contributed by atoms with Crippen molar-refractivity contribution in [3.63, 3.8) is 0 Å². The number of methoxy groups -OCH3 is 1. The predicted molar refractivity (Wildman–Crippen MR) is 98.2 cm³/mol. The third kappa shape index (κ3) is 5.85. The number of carbonyl (C=O) groups is 3. The Labute approximate surface area is 157 Å². The van der Waals surface area contributed by atoms with Crippen LogP contribution in [0, 0.1) is 0 Å². The Morgan fingerprint density at radius 3 is 2.37 bits per heavy atom. The van der Waals surface area contributed by atoms with Crippen molar-refractivity contribution < 1.29 is 28.6 Å². The Morgan fingerprint density at radius 2 is 1.70 bits per heavy atom. The lowest BCUT2D eigenvalue weighted by Crippen LogP contribution is -2.31. The third-order valence-electron chi connectivity index (χ3n) is 3.60. The van der Waals surface area contributed by atoms with Gasteiger partial charge < -0.3 is 19.5 Å². The first kappa shape index (κ1) is 20.0. The van der Waals surface area contributed by atoms with Crippen LogP contribution in [-0.4, -0.2) is 44.5 Å². The SMILES string of the molecule is CCOc1ccc(C(=O)COC(=O)CNC(=O)c2ccccc2OC)cc1. The van der Waals surface area contributed by atoms with E-state index in [1.54, 1.807) is 48.5 Å². The van der Waals surface area contributed by atoms with Gasteiger partial charge in [-0.15, -0.1) is 0 Å². The highest BCUT2D eigenvalue weighted by Gasteiger charge is 2.14. The second-order valence-electron chi connectivity index (χ2n) is 5.42. The number of carbonyl (C=O) groups excluding carboxylic acids is 3. The first-order valence-corrected chi connectivity index (χ1v) is 8.38. The first-order valence-electron chi connectivity index (χ1n) is 8.38. The van der Waals surface area contributed by atoms with E-state index in [9.17, 15) is 14.4 Å². The molecule has 7 heteroatoms. The van der Waals surface area contributed by atoms with Gasteiger partial charge in [0.15, 0.2) is 12.4 Å². The number of ketones is 1. The molecule has 0 bridgehead atoms. The smallest absolute Gasteiger partial charge is 0.325 e. The van der Waals surface area contributed by atoms with Crippen molar-refractivity contribution in [3.8, 4) is 11.5 Å². The highest BCUT2D eigenvalue weighted by atomic mass is 16.5. The van der Waals surface area contributed by atoms with Crippen LogP contribution in [0.3, 0.4) is 0 Å².